The summed E-state index contributed by atoms with van der Waals surface area (Å²) >= 11 is 0. The van der Waals surface area contributed by atoms with Crippen LogP contribution in [0, 0.1) is 47.3 Å². The Balaban J connectivity index is 1.47. The van der Waals surface area contributed by atoms with Gasteiger partial charge >= 0.3 is 0 Å². The van der Waals surface area contributed by atoms with E-state index in [1.165, 1.54) is 51.4 Å². The van der Waals surface area contributed by atoms with Crippen molar-refractivity contribution in [3.05, 3.63) is 11.1 Å². The molecular formula is C20H28O. The van der Waals surface area contributed by atoms with E-state index in [1.54, 1.807) is 6.42 Å². The topological polar surface area (TPSA) is 20.2 Å². The van der Waals surface area contributed by atoms with Crippen LogP contribution in [0.15, 0.2) is 11.1 Å². The van der Waals surface area contributed by atoms with Gasteiger partial charge in [-0.05, 0) is 99.2 Å². The first-order valence-electron chi connectivity index (χ1n) is 9.68. The summed E-state index contributed by atoms with van der Waals surface area (Å²) in [6.45, 7) is 0. The number of aliphatic hydroxyl groups excluding tert-OH is 1. The first-order valence-corrected chi connectivity index (χ1v) is 9.68. The molecule has 8 bridgehead atoms. The molecule has 0 saturated heterocycles. The summed E-state index contributed by atoms with van der Waals surface area (Å²) < 4.78 is 0. The summed E-state index contributed by atoms with van der Waals surface area (Å²) in [5, 5.41) is 10.8. The van der Waals surface area contributed by atoms with E-state index in [9.17, 15) is 5.11 Å². The quantitative estimate of drug-likeness (QED) is 0.662. The summed E-state index contributed by atoms with van der Waals surface area (Å²) in [7, 11) is 0. The largest absolute Gasteiger partial charge is 0.392 e. The first kappa shape index (κ1) is 12.2. The lowest BCUT2D eigenvalue weighted by Gasteiger charge is -2.59. The van der Waals surface area contributed by atoms with Gasteiger partial charge in [0, 0.05) is 5.92 Å². The fraction of sp³-hybridized carbons (Fsp3) is 0.900. The van der Waals surface area contributed by atoms with Crippen LogP contribution >= 0.6 is 0 Å². The van der Waals surface area contributed by atoms with Gasteiger partial charge in [-0.25, -0.2) is 0 Å². The van der Waals surface area contributed by atoms with Gasteiger partial charge in [-0.3, -0.25) is 0 Å². The Morgan fingerprint density at radius 1 is 0.571 bits per heavy atom. The van der Waals surface area contributed by atoms with E-state index in [1.807, 2.05) is 11.1 Å². The molecule has 8 aliphatic carbocycles. The minimum atomic E-state index is 0.0255. The van der Waals surface area contributed by atoms with Crippen LogP contribution in [0.3, 0.4) is 0 Å². The van der Waals surface area contributed by atoms with Gasteiger partial charge in [0.2, 0.25) is 0 Å². The van der Waals surface area contributed by atoms with Crippen molar-refractivity contribution in [2.45, 2.75) is 63.9 Å². The van der Waals surface area contributed by atoms with E-state index in [2.05, 4.69) is 0 Å². The second kappa shape index (κ2) is 3.96. The predicted octanol–water partition coefficient (Wildman–Crippen LogP) is 4.17. The van der Waals surface area contributed by atoms with Gasteiger partial charge in [-0.2, -0.15) is 0 Å². The molecule has 5 atom stereocenters. The van der Waals surface area contributed by atoms with Crippen LogP contribution in [0.4, 0.5) is 0 Å². The number of hydrogen-bond donors (Lipinski definition) is 1. The van der Waals surface area contributed by atoms with Crippen molar-refractivity contribution in [1.29, 1.82) is 0 Å². The van der Waals surface area contributed by atoms with E-state index >= 15 is 0 Å². The molecule has 21 heavy (non-hydrogen) atoms. The van der Waals surface area contributed by atoms with Crippen LogP contribution in [0.1, 0.15) is 57.8 Å². The maximum atomic E-state index is 10.8. The Hall–Kier alpha value is -0.300. The lowest BCUT2D eigenvalue weighted by molar-refractivity contribution is -0.0620. The molecule has 0 aliphatic heterocycles. The molecule has 0 aromatic heterocycles. The zero-order valence-electron chi connectivity index (χ0n) is 13.0. The van der Waals surface area contributed by atoms with Gasteiger partial charge in [0.15, 0.2) is 0 Å². The minimum Gasteiger partial charge on any atom is -0.392 e. The number of rotatable bonds is 0. The number of hydrogen-bond acceptors (Lipinski definition) is 1. The third kappa shape index (κ3) is 1.52. The highest BCUT2D eigenvalue weighted by Gasteiger charge is 2.54. The highest BCUT2D eigenvalue weighted by molar-refractivity contribution is 5.34. The summed E-state index contributed by atoms with van der Waals surface area (Å²) in [6, 6.07) is 0. The molecule has 114 valence electrons. The molecule has 1 N–H and O–H groups in total. The molecule has 8 aliphatic rings. The number of allylic oxidation sites excluding steroid dienone is 1. The molecule has 0 unspecified atom stereocenters. The summed E-state index contributed by atoms with van der Waals surface area (Å²) in [6.07, 6.45) is 13.1. The molecule has 1 heteroatoms. The van der Waals surface area contributed by atoms with E-state index < -0.39 is 0 Å². The zero-order valence-corrected chi connectivity index (χ0v) is 13.0. The summed E-state index contributed by atoms with van der Waals surface area (Å²) in [5.41, 5.74) is 3.79. The van der Waals surface area contributed by atoms with Crippen LogP contribution < -0.4 is 0 Å². The van der Waals surface area contributed by atoms with Crippen molar-refractivity contribution in [1.82, 2.24) is 0 Å². The van der Waals surface area contributed by atoms with Crippen LogP contribution in [-0.2, 0) is 0 Å². The SMILES string of the molecule is O[C@H]1[C@@H]2C[C@@H]3C[C@@H](C2)C(=C2C4CC5CC(C4)CC2C5)[C@H]1C3. The molecule has 0 aromatic rings. The smallest absolute Gasteiger partial charge is 0.0634 e. The van der Waals surface area contributed by atoms with Crippen molar-refractivity contribution in [3.63, 3.8) is 0 Å². The Kier molecular flexibility index (Phi) is 2.29. The molecule has 8 fully saturated rings. The van der Waals surface area contributed by atoms with Crippen molar-refractivity contribution >= 4 is 0 Å². The molecule has 0 radical (unpaired) electrons. The third-order valence-corrected chi connectivity index (χ3v) is 8.51. The second-order valence-electron chi connectivity index (χ2n) is 9.58. The lowest BCUT2D eigenvalue weighted by atomic mass is 9.47. The molecule has 0 aromatic carbocycles. The van der Waals surface area contributed by atoms with Gasteiger partial charge in [-0.1, -0.05) is 11.1 Å². The summed E-state index contributed by atoms with van der Waals surface area (Å²) in [5.74, 6) is 7.13. The molecule has 8 saturated carbocycles. The van der Waals surface area contributed by atoms with Gasteiger partial charge in [0.25, 0.3) is 0 Å². The molecule has 1 nitrogen and oxygen atoms in total. The van der Waals surface area contributed by atoms with Gasteiger partial charge in [0.05, 0.1) is 6.10 Å². The third-order valence-electron chi connectivity index (χ3n) is 8.51. The Labute approximate surface area is 128 Å². The van der Waals surface area contributed by atoms with Crippen LogP contribution in [0.25, 0.3) is 0 Å². The van der Waals surface area contributed by atoms with Crippen molar-refractivity contribution in [2.75, 3.05) is 0 Å². The average molecular weight is 284 g/mol. The maximum Gasteiger partial charge on any atom is 0.0634 e. The Morgan fingerprint density at radius 3 is 1.81 bits per heavy atom. The molecular weight excluding hydrogens is 256 g/mol. The van der Waals surface area contributed by atoms with E-state index in [4.69, 9.17) is 0 Å². The number of aliphatic hydroxyl groups is 1. The van der Waals surface area contributed by atoms with Crippen LogP contribution in [0.2, 0.25) is 0 Å². The first-order chi connectivity index (χ1) is 10.3. The fourth-order valence-electron chi connectivity index (χ4n) is 8.26. The maximum absolute atomic E-state index is 10.8. The van der Waals surface area contributed by atoms with Crippen molar-refractivity contribution in [3.8, 4) is 0 Å². The van der Waals surface area contributed by atoms with E-state index in [0.717, 1.165) is 35.5 Å². The van der Waals surface area contributed by atoms with Crippen LogP contribution in [0.5, 0.6) is 0 Å². The highest BCUT2D eigenvalue weighted by Crippen LogP contribution is 2.63. The monoisotopic (exact) mass is 284 g/mol. The molecule has 0 heterocycles. The van der Waals surface area contributed by atoms with E-state index in [0.29, 0.717) is 11.8 Å². The highest BCUT2D eigenvalue weighted by atomic mass is 16.3. The molecule has 8 rings (SSSR count). The molecule has 0 spiro atoms. The Morgan fingerprint density at radius 2 is 1.14 bits per heavy atom. The van der Waals surface area contributed by atoms with Crippen LogP contribution in [-0.4, -0.2) is 11.2 Å². The average Bonchev–Trinajstić information content (AvgIpc) is 2.45. The fourth-order valence-corrected chi connectivity index (χ4v) is 8.26. The van der Waals surface area contributed by atoms with Crippen molar-refractivity contribution in [2.24, 2.45) is 47.3 Å². The lowest BCUT2D eigenvalue weighted by Crippen LogP contribution is -2.52. The standard InChI is InChI=1S/C20H28O/c21-20-16-7-12-6-15(9-16)19(17(20)8-12)18-13-2-10-1-11(4-13)5-14(18)3-10/h10-17,20-21H,1-9H2/t10?,11?,12-,13?,14?,15-,16+,17+,20-/m0/s1. The zero-order chi connectivity index (χ0) is 13.7. The Bertz CT molecular complexity index is 488. The van der Waals surface area contributed by atoms with E-state index in [-0.39, 0.29) is 6.10 Å². The van der Waals surface area contributed by atoms with Crippen molar-refractivity contribution < 1.29 is 5.11 Å². The minimum absolute atomic E-state index is 0.0255. The van der Waals surface area contributed by atoms with Gasteiger partial charge < -0.3 is 5.11 Å². The molecule has 0 amide bonds. The predicted molar refractivity (Wildman–Crippen MR) is 82.5 cm³/mol. The second-order valence-corrected chi connectivity index (χ2v) is 9.58. The normalized spacial score (nSPS) is 60.1. The van der Waals surface area contributed by atoms with Gasteiger partial charge in [-0.15, -0.1) is 0 Å². The summed E-state index contributed by atoms with van der Waals surface area (Å²) in [4.78, 5) is 0. The van der Waals surface area contributed by atoms with Gasteiger partial charge in [0.1, 0.15) is 0 Å².